The smallest absolute Gasteiger partial charge is 0.257 e. The van der Waals surface area contributed by atoms with Crippen molar-refractivity contribution < 1.29 is 9.18 Å². The summed E-state index contributed by atoms with van der Waals surface area (Å²) in [5.74, 6) is -1.06. The Morgan fingerprint density at radius 2 is 2.36 bits per heavy atom. The molecule has 2 rings (SSSR count). The predicted octanol–water partition coefficient (Wildman–Crippen LogP) is 1.72. The first-order valence-electron chi connectivity index (χ1n) is 4.29. The average molecular weight is 306 g/mol. The highest BCUT2D eigenvalue weighted by atomic mass is 127. The molecule has 74 valence electrons. The van der Waals surface area contributed by atoms with Gasteiger partial charge in [-0.25, -0.2) is 4.98 Å². The second kappa shape index (κ2) is 3.80. The lowest BCUT2D eigenvalue weighted by molar-refractivity contribution is 0.0945. The van der Waals surface area contributed by atoms with Crippen LogP contribution in [0.4, 0.5) is 4.39 Å². The van der Waals surface area contributed by atoms with Crippen LogP contribution in [0.3, 0.4) is 0 Å². The Morgan fingerprint density at radius 1 is 1.64 bits per heavy atom. The summed E-state index contributed by atoms with van der Waals surface area (Å²) in [4.78, 5) is 15.0. The highest BCUT2D eigenvalue weighted by Gasteiger charge is 2.26. The summed E-state index contributed by atoms with van der Waals surface area (Å²) in [7, 11) is 0. The van der Waals surface area contributed by atoms with Crippen LogP contribution < -0.4 is 5.32 Å². The summed E-state index contributed by atoms with van der Waals surface area (Å²) < 4.78 is 13.8. The predicted molar refractivity (Wildman–Crippen MR) is 57.4 cm³/mol. The molecule has 0 aliphatic heterocycles. The molecule has 14 heavy (non-hydrogen) atoms. The van der Waals surface area contributed by atoms with E-state index in [4.69, 9.17) is 0 Å². The molecule has 1 aliphatic carbocycles. The first kappa shape index (κ1) is 9.82. The Kier molecular flexibility index (Phi) is 2.66. The van der Waals surface area contributed by atoms with Crippen molar-refractivity contribution in [3.8, 4) is 0 Å². The van der Waals surface area contributed by atoms with E-state index in [1.165, 1.54) is 6.20 Å². The fraction of sp³-hybridized carbons (Fsp3) is 0.333. The van der Waals surface area contributed by atoms with Crippen LogP contribution in [0.5, 0.6) is 0 Å². The van der Waals surface area contributed by atoms with E-state index in [0.717, 1.165) is 12.8 Å². The first-order valence-corrected chi connectivity index (χ1v) is 5.37. The minimum absolute atomic E-state index is 0.0556. The van der Waals surface area contributed by atoms with E-state index in [9.17, 15) is 9.18 Å². The Labute approximate surface area is 94.2 Å². The normalized spacial score (nSPS) is 15.3. The van der Waals surface area contributed by atoms with Crippen LogP contribution in [-0.4, -0.2) is 16.9 Å². The summed E-state index contributed by atoms with van der Waals surface area (Å²) in [6.07, 6.45) is 3.33. The second-order valence-electron chi connectivity index (χ2n) is 3.21. The number of carbonyl (C=O) groups excluding carboxylic acids is 1. The molecule has 0 atom stereocenters. The number of rotatable bonds is 2. The van der Waals surface area contributed by atoms with Gasteiger partial charge in [-0.05, 0) is 41.5 Å². The zero-order valence-electron chi connectivity index (χ0n) is 7.26. The van der Waals surface area contributed by atoms with Crippen molar-refractivity contribution in [3.63, 3.8) is 0 Å². The molecule has 0 spiro atoms. The lowest BCUT2D eigenvalue weighted by Crippen LogP contribution is -2.27. The number of hydrogen-bond acceptors (Lipinski definition) is 2. The maximum absolute atomic E-state index is 13.2. The van der Waals surface area contributed by atoms with Crippen molar-refractivity contribution in [1.29, 1.82) is 0 Å². The van der Waals surface area contributed by atoms with Gasteiger partial charge in [0.05, 0.1) is 0 Å². The van der Waals surface area contributed by atoms with Crippen molar-refractivity contribution >= 4 is 28.5 Å². The van der Waals surface area contributed by atoms with Crippen molar-refractivity contribution in [3.05, 3.63) is 27.3 Å². The zero-order valence-corrected chi connectivity index (χ0v) is 9.42. The molecule has 0 radical (unpaired) electrons. The molecule has 1 heterocycles. The third-order valence-electron chi connectivity index (χ3n) is 1.99. The van der Waals surface area contributed by atoms with Crippen LogP contribution in [0.25, 0.3) is 0 Å². The van der Waals surface area contributed by atoms with Gasteiger partial charge >= 0.3 is 0 Å². The van der Waals surface area contributed by atoms with Gasteiger partial charge in [0.1, 0.15) is 5.56 Å². The molecule has 3 nitrogen and oxygen atoms in total. The fourth-order valence-electron chi connectivity index (χ4n) is 1.10. The number of pyridine rings is 1. The van der Waals surface area contributed by atoms with E-state index >= 15 is 0 Å². The van der Waals surface area contributed by atoms with Crippen LogP contribution in [-0.2, 0) is 0 Å². The van der Waals surface area contributed by atoms with Crippen molar-refractivity contribution in [2.24, 2.45) is 0 Å². The van der Waals surface area contributed by atoms with Crippen LogP contribution in [0.15, 0.2) is 12.3 Å². The van der Waals surface area contributed by atoms with E-state index in [1.807, 2.05) is 22.6 Å². The molecule has 0 saturated heterocycles. The Morgan fingerprint density at radius 3 is 2.93 bits per heavy atom. The largest absolute Gasteiger partial charge is 0.349 e. The van der Waals surface area contributed by atoms with Gasteiger partial charge in [-0.1, -0.05) is 0 Å². The summed E-state index contributed by atoms with van der Waals surface area (Å²) in [6, 6.07) is 1.85. The van der Waals surface area contributed by atoms with E-state index < -0.39 is 5.95 Å². The van der Waals surface area contributed by atoms with Gasteiger partial charge in [-0.2, -0.15) is 4.39 Å². The zero-order chi connectivity index (χ0) is 10.1. The molecule has 1 fully saturated rings. The summed E-state index contributed by atoms with van der Waals surface area (Å²) in [5, 5.41) is 2.73. The van der Waals surface area contributed by atoms with Crippen LogP contribution in [0.2, 0.25) is 0 Å². The van der Waals surface area contributed by atoms with Gasteiger partial charge in [0.15, 0.2) is 0 Å². The van der Waals surface area contributed by atoms with Crippen molar-refractivity contribution in [2.75, 3.05) is 0 Å². The lowest BCUT2D eigenvalue weighted by atomic mass is 10.2. The monoisotopic (exact) mass is 306 g/mol. The minimum atomic E-state index is -0.699. The molecule has 0 unspecified atom stereocenters. The van der Waals surface area contributed by atoms with Crippen LogP contribution in [0, 0.1) is 9.52 Å². The van der Waals surface area contributed by atoms with E-state index in [1.54, 1.807) is 6.07 Å². The van der Waals surface area contributed by atoms with Crippen LogP contribution in [0.1, 0.15) is 23.2 Å². The second-order valence-corrected chi connectivity index (χ2v) is 4.37. The number of halogens is 2. The number of nitrogens with zero attached hydrogens (tertiary/aromatic N) is 1. The highest BCUT2D eigenvalue weighted by molar-refractivity contribution is 14.1. The summed E-state index contributed by atoms with van der Waals surface area (Å²) in [6.45, 7) is 0. The lowest BCUT2D eigenvalue weighted by Gasteiger charge is -2.05. The van der Waals surface area contributed by atoms with Gasteiger partial charge in [-0.15, -0.1) is 0 Å². The average Bonchev–Trinajstić information content (AvgIpc) is 2.87. The topological polar surface area (TPSA) is 42.0 Å². The fourth-order valence-corrected chi connectivity index (χ4v) is 1.73. The van der Waals surface area contributed by atoms with E-state index in [0.29, 0.717) is 3.57 Å². The molecule has 5 heteroatoms. The molecule has 0 bridgehead atoms. The Balaban J connectivity index is 2.24. The number of hydrogen-bond donors (Lipinski definition) is 1. The molecule has 1 aromatic heterocycles. The highest BCUT2D eigenvalue weighted by Crippen LogP contribution is 2.21. The number of amides is 1. The molecular formula is C9H8FIN2O. The summed E-state index contributed by atoms with van der Waals surface area (Å²) in [5.41, 5.74) is 0.0556. The number of carbonyl (C=O) groups is 1. The van der Waals surface area contributed by atoms with Gasteiger partial charge in [0.2, 0.25) is 5.95 Å². The van der Waals surface area contributed by atoms with Gasteiger partial charge in [-0.3, -0.25) is 4.79 Å². The molecule has 1 N–H and O–H groups in total. The minimum Gasteiger partial charge on any atom is -0.349 e. The third kappa shape index (κ3) is 2.02. The van der Waals surface area contributed by atoms with E-state index in [2.05, 4.69) is 10.3 Å². The Hall–Kier alpha value is -0.720. The molecule has 1 amide bonds. The van der Waals surface area contributed by atoms with Gasteiger partial charge in [0.25, 0.3) is 5.91 Å². The van der Waals surface area contributed by atoms with Crippen molar-refractivity contribution in [2.45, 2.75) is 18.9 Å². The first-order chi connectivity index (χ1) is 6.68. The van der Waals surface area contributed by atoms with E-state index in [-0.39, 0.29) is 17.5 Å². The maximum atomic E-state index is 13.2. The van der Waals surface area contributed by atoms with Gasteiger partial charge in [0, 0.05) is 15.8 Å². The number of nitrogens with one attached hydrogen (secondary N) is 1. The molecule has 1 aromatic rings. The van der Waals surface area contributed by atoms with Gasteiger partial charge < -0.3 is 5.32 Å². The van der Waals surface area contributed by atoms with Crippen LogP contribution >= 0.6 is 22.6 Å². The molecule has 1 aliphatic rings. The molecule has 1 saturated carbocycles. The molecular weight excluding hydrogens is 298 g/mol. The number of aromatic nitrogens is 1. The van der Waals surface area contributed by atoms with Crippen molar-refractivity contribution in [1.82, 2.24) is 10.3 Å². The Bertz CT molecular complexity index is 359. The standard InChI is InChI=1S/C9H8FIN2O/c10-8-7(6(11)3-4-12-8)9(14)13-5-1-2-5/h3-5H,1-2H2,(H,13,14). The quantitative estimate of drug-likeness (QED) is 0.668. The maximum Gasteiger partial charge on any atom is 0.257 e. The summed E-state index contributed by atoms with van der Waals surface area (Å²) >= 11 is 1.93. The third-order valence-corrected chi connectivity index (χ3v) is 2.89. The SMILES string of the molecule is O=C(NC1CC1)c1c(I)ccnc1F. The molecule has 0 aromatic carbocycles.